The normalized spacial score (nSPS) is 11.2. The fourth-order valence-electron chi connectivity index (χ4n) is 2.71. The molecule has 1 aromatic heterocycles. The number of nitrogens with one attached hydrogen (secondary N) is 2. The van der Waals surface area contributed by atoms with Crippen LogP contribution in [-0.2, 0) is 0 Å². The van der Waals surface area contributed by atoms with Gasteiger partial charge in [0.25, 0.3) is 5.91 Å². The van der Waals surface area contributed by atoms with E-state index < -0.39 is 0 Å². The number of carbonyl (C=O) groups excluding carboxylic acids is 1. The summed E-state index contributed by atoms with van der Waals surface area (Å²) >= 11 is 6.22. The van der Waals surface area contributed by atoms with Crippen molar-refractivity contribution in [2.24, 2.45) is 5.10 Å². The third-order valence-corrected chi connectivity index (χ3v) is 4.45. The highest BCUT2D eigenvalue weighted by Crippen LogP contribution is 2.27. The van der Waals surface area contributed by atoms with Crippen LogP contribution < -0.4 is 5.43 Å². The predicted octanol–water partition coefficient (Wildman–Crippen LogP) is 4.79. The molecule has 0 fully saturated rings. The summed E-state index contributed by atoms with van der Waals surface area (Å²) in [6.45, 7) is 0. The van der Waals surface area contributed by atoms with Crippen molar-refractivity contribution in [3.63, 3.8) is 0 Å². The number of hydrogen-bond acceptors (Lipinski definition) is 3. The first-order chi connectivity index (χ1) is 13.6. The van der Waals surface area contributed by atoms with E-state index in [0.29, 0.717) is 27.5 Å². The fourth-order valence-corrected chi connectivity index (χ4v) is 2.94. The maximum absolute atomic E-state index is 12.9. The lowest BCUT2D eigenvalue weighted by Gasteiger charge is -2.00. The molecule has 0 saturated carbocycles. The number of hydrogen-bond donors (Lipinski definition) is 2. The average molecular weight is 393 g/mol. The van der Waals surface area contributed by atoms with Gasteiger partial charge in [0.1, 0.15) is 11.6 Å². The van der Waals surface area contributed by atoms with Gasteiger partial charge in [-0.25, -0.2) is 14.8 Å². The Morgan fingerprint density at radius 1 is 1.11 bits per heavy atom. The van der Waals surface area contributed by atoms with E-state index in [2.05, 4.69) is 20.5 Å². The van der Waals surface area contributed by atoms with E-state index in [9.17, 15) is 9.18 Å². The lowest BCUT2D eigenvalue weighted by Crippen LogP contribution is -2.17. The second kappa shape index (κ2) is 7.62. The van der Waals surface area contributed by atoms with Gasteiger partial charge >= 0.3 is 0 Å². The molecule has 0 saturated heterocycles. The molecule has 0 unspecified atom stereocenters. The van der Waals surface area contributed by atoms with Crippen molar-refractivity contribution in [1.82, 2.24) is 15.4 Å². The average Bonchev–Trinajstić information content (AvgIpc) is 3.12. The molecule has 1 amide bonds. The Morgan fingerprint density at radius 3 is 2.68 bits per heavy atom. The number of fused-ring (bicyclic) bond motifs is 1. The third-order valence-electron chi connectivity index (χ3n) is 4.12. The Hall–Kier alpha value is -3.51. The molecule has 7 heteroatoms. The quantitative estimate of drug-likeness (QED) is 0.387. The van der Waals surface area contributed by atoms with Crippen molar-refractivity contribution in [1.29, 1.82) is 0 Å². The lowest BCUT2D eigenvalue weighted by atomic mass is 10.2. The molecule has 0 aliphatic carbocycles. The van der Waals surface area contributed by atoms with Crippen molar-refractivity contribution >= 4 is 34.8 Å². The van der Waals surface area contributed by atoms with Gasteiger partial charge < -0.3 is 4.98 Å². The first-order valence-electron chi connectivity index (χ1n) is 8.44. The number of carbonyl (C=O) groups is 1. The van der Waals surface area contributed by atoms with E-state index >= 15 is 0 Å². The Kier molecular flexibility index (Phi) is 4.87. The van der Waals surface area contributed by atoms with E-state index in [0.717, 1.165) is 11.1 Å². The van der Waals surface area contributed by atoms with Crippen molar-refractivity contribution in [3.05, 3.63) is 88.7 Å². The number of H-pyrrole nitrogens is 1. The molecule has 4 aromatic rings. The van der Waals surface area contributed by atoms with Crippen LogP contribution in [0.1, 0.15) is 15.9 Å². The summed E-state index contributed by atoms with van der Waals surface area (Å²) < 4.78 is 12.9. The molecule has 5 nitrogen and oxygen atoms in total. The molecular formula is C21H14ClFN4O. The lowest BCUT2D eigenvalue weighted by molar-refractivity contribution is 0.0955. The number of aromatic amines is 1. The van der Waals surface area contributed by atoms with Crippen LogP contribution in [0.4, 0.5) is 4.39 Å². The van der Waals surface area contributed by atoms with Gasteiger partial charge in [0.05, 0.1) is 22.3 Å². The smallest absolute Gasteiger partial charge is 0.271 e. The van der Waals surface area contributed by atoms with Gasteiger partial charge in [0, 0.05) is 11.1 Å². The van der Waals surface area contributed by atoms with Crippen LogP contribution >= 0.6 is 11.6 Å². The number of nitrogens with zero attached hydrogens (tertiary/aromatic N) is 2. The summed E-state index contributed by atoms with van der Waals surface area (Å²) in [5.74, 6) is -0.0631. The zero-order chi connectivity index (χ0) is 19.5. The topological polar surface area (TPSA) is 70.1 Å². The molecule has 1 heterocycles. The Morgan fingerprint density at radius 2 is 1.89 bits per heavy atom. The number of halogens is 2. The molecule has 0 atom stereocenters. The summed E-state index contributed by atoms with van der Waals surface area (Å²) in [6.07, 6.45) is 1.45. The number of hydrazone groups is 1. The number of rotatable bonds is 4. The molecule has 0 bridgehead atoms. The zero-order valence-corrected chi connectivity index (χ0v) is 15.2. The fraction of sp³-hybridized carbons (Fsp3) is 0. The SMILES string of the molecule is O=C(N/N=C/c1ccc(F)cc1)c1ccc2nc(-c3ccccc3Cl)[nH]c2c1. The first-order valence-corrected chi connectivity index (χ1v) is 8.81. The van der Waals surface area contributed by atoms with Crippen molar-refractivity contribution < 1.29 is 9.18 Å². The predicted molar refractivity (Wildman–Crippen MR) is 108 cm³/mol. The zero-order valence-electron chi connectivity index (χ0n) is 14.5. The van der Waals surface area contributed by atoms with Crippen LogP contribution in [0.5, 0.6) is 0 Å². The molecule has 0 spiro atoms. The van der Waals surface area contributed by atoms with Crippen molar-refractivity contribution in [2.75, 3.05) is 0 Å². The molecule has 0 aliphatic rings. The summed E-state index contributed by atoms with van der Waals surface area (Å²) in [5, 5.41) is 4.49. The Balaban J connectivity index is 1.53. The summed E-state index contributed by atoms with van der Waals surface area (Å²) in [5.41, 5.74) is 5.78. The number of aromatic nitrogens is 2. The van der Waals surface area contributed by atoms with Crippen LogP contribution in [0.3, 0.4) is 0 Å². The third kappa shape index (κ3) is 3.77. The number of benzene rings is 3. The second-order valence-electron chi connectivity index (χ2n) is 6.05. The largest absolute Gasteiger partial charge is 0.338 e. The molecule has 4 rings (SSSR count). The summed E-state index contributed by atoms with van der Waals surface area (Å²) in [6, 6.07) is 18.3. The molecule has 28 heavy (non-hydrogen) atoms. The minimum atomic E-state index is -0.367. The van der Waals surface area contributed by atoms with Crippen LogP contribution in [-0.4, -0.2) is 22.1 Å². The monoisotopic (exact) mass is 392 g/mol. The van der Waals surface area contributed by atoms with E-state index in [-0.39, 0.29) is 11.7 Å². The van der Waals surface area contributed by atoms with Crippen molar-refractivity contribution in [2.45, 2.75) is 0 Å². The number of imidazole rings is 1. The Labute approximate surface area is 164 Å². The number of amides is 1. The summed E-state index contributed by atoms with van der Waals surface area (Å²) in [4.78, 5) is 20.0. The highest BCUT2D eigenvalue weighted by Gasteiger charge is 2.11. The van der Waals surface area contributed by atoms with Crippen LogP contribution in [0, 0.1) is 5.82 Å². The maximum Gasteiger partial charge on any atom is 0.271 e. The highest BCUT2D eigenvalue weighted by atomic mass is 35.5. The molecule has 138 valence electrons. The van der Waals surface area contributed by atoms with E-state index in [4.69, 9.17) is 11.6 Å². The second-order valence-corrected chi connectivity index (χ2v) is 6.46. The minimum Gasteiger partial charge on any atom is -0.338 e. The van der Waals surface area contributed by atoms with Crippen molar-refractivity contribution in [3.8, 4) is 11.4 Å². The molecular weight excluding hydrogens is 379 g/mol. The van der Waals surface area contributed by atoms with Gasteiger partial charge in [-0.2, -0.15) is 5.10 Å². The van der Waals surface area contributed by atoms with E-state index in [1.54, 1.807) is 36.4 Å². The molecule has 3 aromatic carbocycles. The molecule has 0 aliphatic heterocycles. The van der Waals surface area contributed by atoms with Gasteiger partial charge in [0.2, 0.25) is 0 Å². The first kappa shape index (κ1) is 17.9. The minimum absolute atomic E-state index is 0.329. The van der Waals surface area contributed by atoms with Gasteiger partial charge in [-0.3, -0.25) is 4.79 Å². The van der Waals surface area contributed by atoms with Gasteiger partial charge in [-0.1, -0.05) is 35.9 Å². The highest BCUT2D eigenvalue weighted by molar-refractivity contribution is 6.33. The molecule has 0 radical (unpaired) electrons. The maximum atomic E-state index is 12.9. The van der Waals surface area contributed by atoms with Gasteiger partial charge in [-0.15, -0.1) is 0 Å². The van der Waals surface area contributed by atoms with Crippen LogP contribution in [0.25, 0.3) is 22.4 Å². The summed E-state index contributed by atoms with van der Waals surface area (Å²) in [7, 11) is 0. The van der Waals surface area contributed by atoms with Gasteiger partial charge in [0.15, 0.2) is 0 Å². The van der Waals surface area contributed by atoms with E-state index in [1.165, 1.54) is 18.3 Å². The molecule has 2 N–H and O–H groups in total. The van der Waals surface area contributed by atoms with Crippen LogP contribution in [0.2, 0.25) is 5.02 Å². The standard InChI is InChI=1S/C21H14ClFN4O/c22-17-4-2-1-3-16(17)20-25-18-10-7-14(11-19(18)26-20)21(28)27-24-12-13-5-8-15(23)9-6-13/h1-12H,(H,25,26)(H,27,28)/b24-12+. The van der Waals surface area contributed by atoms with Gasteiger partial charge in [-0.05, 0) is 48.0 Å². The van der Waals surface area contributed by atoms with E-state index in [1.807, 2.05) is 18.2 Å². The Bertz CT molecular complexity index is 1180. The van der Waals surface area contributed by atoms with Crippen LogP contribution in [0.15, 0.2) is 71.8 Å².